The fraction of sp³-hybridized carbons (Fsp3) is 0.600. The van der Waals surface area contributed by atoms with Crippen LogP contribution >= 0.6 is 27.3 Å². The van der Waals surface area contributed by atoms with Crippen molar-refractivity contribution in [3.8, 4) is 0 Å². The molecule has 1 aliphatic carbocycles. The molecule has 0 fully saturated rings. The third-order valence-electron chi connectivity index (χ3n) is 3.51. The maximum absolute atomic E-state index is 3.64. The zero-order valence-electron chi connectivity index (χ0n) is 11.0. The molecule has 1 unspecified atom stereocenters. The van der Waals surface area contributed by atoms with E-state index in [2.05, 4.69) is 45.7 Å². The third kappa shape index (κ3) is 4.22. The van der Waals surface area contributed by atoms with Gasteiger partial charge in [-0.3, -0.25) is 0 Å². The molecule has 1 aromatic rings. The fourth-order valence-corrected chi connectivity index (χ4v) is 4.20. The van der Waals surface area contributed by atoms with Gasteiger partial charge in [0.1, 0.15) is 0 Å². The summed E-state index contributed by atoms with van der Waals surface area (Å²) in [5.41, 5.74) is 1.67. The van der Waals surface area contributed by atoms with Gasteiger partial charge in [0.15, 0.2) is 0 Å². The second-order valence-corrected chi connectivity index (χ2v) is 6.82. The Kier molecular flexibility index (Phi) is 5.93. The van der Waals surface area contributed by atoms with Crippen LogP contribution in [-0.4, -0.2) is 12.6 Å². The molecule has 18 heavy (non-hydrogen) atoms. The molecule has 2 rings (SSSR count). The lowest BCUT2D eigenvalue weighted by atomic mass is 9.93. The third-order valence-corrected chi connectivity index (χ3v) is 5.46. The molecule has 0 amide bonds. The molecule has 100 valence electrons. The van der Waals surface area contributed by atoms with Crippen molar-refractivity contribution in [3.63, 3.8) is 0 Å². The van der Waals surface area contributed by atoms with Gasteiger partial charge < -0.3 is 5.32 Å². The molecule has 0 aromatic carbocycles. The van der Waals surface area contributed by atoms with Gasteiger partial charge in [0.05, 0.1) is 0 Å². The summed E-state index contributed by atoms with van der Waals surface area (Å²) in [5, 5.41) is 5.81. The Labute approximate surface area is 123 Å². The Morgan fingerprint density at radius 1 is 1.39 bits per heavy atom. The Balaban J connectivity index is 1.95. The summed E-state index contributed by atoms with van der Waals surface area (Å²) in [5.74, 6) is 0. The standard InChI is InChI=1S/C15H22BrNS/c1-2-17-13(10-12-6-4-3-5-7-12)11-15-14(16)8-9-18-15/h6,8-9,13,17H,2-5,7,10-11H2,1H3. The van der Waals surface area contributed by atoms with Crippen molar-refractivity contribution in [2.45, 2.75) is 51.5 Å². The predicted molar refractivity (Wildman–Crippen MR) is 84.4 cm³/mol. The van der Waals surface area contributed by atoms with E-state index >= 15 is 0 Å². The summed E-state index contributed by atoms with van der Waals surface area (Å²) in [6.07, 6.45) is 10.2. The molecule has 3 heteroatoms. The van der Waals surface area contributed by atoms with Gasteiger partial charge in [0.25, 0.3) is 0 Å². The molecule has 1 nitrogen and oxygen atoms in total. The van der Waals surface area contributed by atoms with Gasteiger partial charge in [-0.2, -0.15) is 0 Å². The van der Waals surface area contributed by atoms with Gasteiger partial charge in [-0.1, -0.05) is 18.6 Å². The van der Waals surface area contributed by atoms with Crippen molar-refractivity contribution in [3.05, 3.63) is 32.4 Å². The van der Waals surface area contributed by atoms with Crippen LogP contribution in [0.2, 0.25) is 0 Å². The van der Waals surface area contributed by atoms with Gasteiger partial charge >= 0.3 is 0 Å². The van der Waals surface area contributed by atoms with E-state index in [1.54, 1.807) is 5.57 Å². The molecule has 1 N–H and O–H groups in total. The van der Waals surface area contributed by atoms with E-state index in [4.69, 9.17) is 0 Å². The number of hydrogen-bond donors (Lipinski definition) is 1. The van der Waals surface area contributed by atoms with E-state index in [9.17, 15) is 0 Å². The minimum Gasteiger partial charge on any atom is -0.314 e. The topological polar surface area (TPSA) is 12.0 Å². The first-order valence-corrected chi connectivity index (χ1v) is 8.60. The predicted octanol–water partition coefficient (Wildman–Crippen LogP) is 4.92. The molecule has 0 radical (unpaired) electrons. The maximum Gasteiger partial charge on any atom is 0.0314 e. The molecule has 1 aromatic heterocycles. The molecule has 0 bridgehead atoms. The molecule has 0 spiro atoms. The van der Waals surface area contributed by atoms with E-state index in [0.717, 1.165) is 13.0 Å². The normalized spacial score (nSPS) is 17.6. The minimum atomic E-state index is 0.592. The van der Waals surface area contributed by atoms with Crippen LogP contribution in [0.4, 0.5) is 0 Å². The smallest absolute Gasteiger partial charge is 0.0314 e. The molecule has 0 saturated carbocycles. The molecule has 1 aliphatic rings. The zero-order valence-corrected chi connectivity index (χ0v) is 13.4. The largest absolute Gasteiger partial charge is 0.314 e. The van der Waals surface area contributed by atoms with Crippen LogP contribution in [0.25, 0.3) is 0 Å². The number of halogens is 1. The molecule has 0 saturated heterocycles. The van der Waals surface area contributed by atoms with E-state index in [1.807, 2.05) is 11.3 Å². The first-order valence-electron chi connectivity index (χ1n) is 6.92. The first-order chi connectivity index (χ1) is 8.79. The summed E-state index contributed by atoms with van der Waals surface area (Å²) >= 11 is 5.50. The first kappa shape index (κ1) is 14.3. The van der Waals surface area contributed by atoms with Crippen LogP contribution in [0.5, 0.6) is 0 Å². The Morgan fingerprint density at radius 2 is 2.28 bits per heavy atom. The number of likely N-dealkylation sites (N-methyl/N-ethyl adjacent to an activating group) is 1. The number of allylic oxidation sites excluding steroid dienone is 1. The molecule has 1 atom stereocenters. The fourth-order valence-electron chi connectivity index (χ4n) is 2.61. The van der Waals surface area contributed by atoms with E-state index < -0.39 is 0 Å². The van der Waals surface area contributed by atoms with Crippen LogP contribution in [0, 0.1) is 0 Å². The van der Waals surface area contributed by atoms with Crippen molar-refractivity contribution >= 4 is 27.3 Å². The summed E-state index contributed by atoms with van der Waals surface area (Å²) < 4.78 is 1.27. The second-order valence-electron chi connectivity index (χ2n) is 4.96. The summed E-state index contributed by atoms with van der Waals surface area (Å²) in [4.78, 5) is 1.47. The highest BCUT2D eigenvalue weighted by molar-refractivity contribution is 9.10. The van der Waals surface area contributed by atoms with E-state index in [-0.39, 0.29) is 0 Å². The van der Waals surface area contributed by atoms with Crippen LogP contribution in [0.3, 0.4) is 0 Å². The van der Waals surface area contributed by atoms with Crippen molar-refractivity contribution in [1.29, 1.82) is 0 Å². The van der Waals surface area contributed by atoms with Gasteiger partial charge in [0.2, 0.25) is 0 Å². The Hall–Kier alpha value is -0.120. The van der Waals surface area contributed by atoms with Crippen molar-refractivity contribution < 1.29 is 0 Å². The van der Waals surface area contributed by atoms with Crippen LogP contribution in [0.1, 0.15) is 43.9 Å². The number of thiophene rings is 1. The Morgan fingerprint density at radius 3 is 2.89 bits per heavy atom. The highest BCUT2D eigenvalue weighted by Crippen LogP contribution is 2.27. The molecule has 0 aliphatic heterocycles. The SMILES string of the molecule is CCNC(CC1=CCCCC1)Cc1sccc1Br. The lowest BCUT2D eigenvalue weighted by Crippen LogP contribution is -2.31. The summed E-state index contributed by atoms with van der Waals surface area (Å²) in [6, 6.07) is 2.75. The van der Waals surface area contributed by atoms with Crippen molar-refractivity contribution in [2.75, 3.05) is 6.54 Å². The van der Waals surface area contributed by atoms with Crippen molar-refractivity contribution in [1.82, 2.24) is 5.32 Å². The molecular weight excluding hydrogens is 306 g/mol. The average molecular weight is 328 g/mol. The van der Waals surface area contributed by atoms with Gasteiger partial charge in [-0.15, -0.1) is 11.3 Å². The number of rotatable bonds is 6. The van der Waals surface area contributed by atoms with Crippen molar-refractivity contribution in [2.24, 2.45) is 0 Å². The van der Waals surface area contributed by atoms with Crippen LogP contribution < -0.4 is 5.32 Å². The number of nitrogens with one attached hydrogen (secondary N) is 1. The summed E-state index contributed by atoms with van der Waals surface area (Å²) in [7, 11) is 0. The lowest BCUT2D eigenvalue weighted by Gasteiger charge is -2.21. The highest BCUT2D eigenvalue weighted by Gasteiger charge is 2.14. The minimum absolute atomic E-state index is 0.592. The van der Waals surface area contributed by atoms with Gasteiger partial charge in [-0.05, 0) is 72.4 Å². The molecule has 1 heterocycles. The van der Waals surface area contributed by atoms with E-state index in [1.165, 1.54) is 41.5 Å². The Bertz CT molecular complexity index is 397. The highest BCUT2D eigenvalue weighted by atomic mass is 79.9. The average Bonchev–Trinajstić information content (AvgIpc) is 2.77. The maximum atomic E-state index is 3.64. The monoisotopic (exact) mass is 327 g/mol. The van der Waals surface area contributed by atoms with Crippen LogP contribution in [-0.2, 0) is 6.42 Å². The van der Waals surface area contributed by atoms with E-state index in [0.29, 0.717) is 6.04 Å². The van der Waals surface area contributed by atoms with Crippen LogP contribution in [0.15, 0.2) is 27.6 Å². The van der Waals surface area contributed by atoms with Gasteiger partial charge in [0, 0.05) is 15.4 Å². The molecular formula is C15H22BrNS. The quantitative estimate of drug-likeness (QED) is 0.731. The summed E-state index contributed by atoms with van der Waals surface area (Å²) in [6.45, 7) is 3.26. The lowest BCUT2D eigenvalue weighted by molar-refractivity contribution is 0.506. The van der Waals surface area contributed by atoms with Gasteiger partial charge in [-0.25, -0.2) is 0 Å². The zero-order chi connectivity index (χ0) is 12.8. The second kappa shape index (κ2) is 7.46. The number of hydrogen-bond acceptors (Lipinski definition) is 2.